The Balaban J connectivity index is 0.00000484. The third kappa shape index (κ3) is 5.28. The van der Waals surface area contributed by atoms with Crippen LogP contribution < -0.4 is 0 Å². The van der Waals surface area contributed by atoms with Crippen LogP contribution in [-0.4, -0.2) is 24.1 Å². The molecule has 1 aromatic carbocycles. The van der Waals surface area contributed by atoms with Gasteiger partial charge in [-0.2, -0.15) is 0 Å². The summed E-state index contributed by atoms with van der Waals surface area (Å²) in [5.74, 6) is -1.47. The van der Waals surface area contributed by atoms with Crippen LogP contribution in [0.25, 0.3) is 0 Å². The number of rotatable bonds is 8. The maximum Gasteiger partial charge on any atom is 0.379 e. The minimum absolute atomic E-state index is 0. The van der Waals surface area contributed by atoms with Gasteiger partial charge in [-0.25, -0.2) is 4.79 Å². The van der Waals surface area contributed by atoms with E-state index in [-0.39, 0.29) is 19.2 Å². The van der Waals surface area contributed by atoms with Crippen LogP contribution in [0.3, 0.4) is 0 Å². The van der Waals surface area contributed by atoms with Gasteiger partial charge in [0.2, 0.25) is 0 Å². The van der Waals surface area contributed by atoms with Gasteiger partial charge in [0.25, 0.3) is 5.78 Å². The average Bonchev–Trinajstić information content (AvgIpc) is 2.46. The highest BCUT2D eigenvalue weighted by molar-refractivity contribution is 6.40. The quantitative estimate of drug-likeness (QED) is 0.320. The number of allylic oxidation sites excluding steroid dienone is 1. The molecule has 0 spiro atoms. The highest BCUT2D eigenvalue weighted by Gasteiger charge is 2.22. The Morgan fingerprint density at radius 3 is 2.32 bits per heavy atom. The van der Waals surface area contributed by atoms with Crippen molar-refractivity contribution in [1.82, 2.24) is 0 Å². The highest BCUT2D eigenvalue weighted by Crippen LogP contribution is 2.26. The zero-order valence-corrected chi connectivity index (χ0v) is 13.3. The highest BCUT2D eigenvalue weighted by atomic mass is 16.5. The molecule has 120 valence electrons. The van der Waals surface area contributed by atoms with Crippen molar-refractivity contribution in [2.24, 2.45) is 5.41 Å². The molecule has 1 aromatic rings. The van der Waals surface area contributed by atoms with E-state index in [9.17, 15) is 14.4 Å². The van der Waals surface area contributed by atoms with Crippen LogP contribution >= 0.6 is 0 Å². The van der Waals surface area contributed by atoms with Gasteiger partial charge < -0.3 is 4.74 Å². The van der Waals surface area contributed by atoms with E-state index in [1.807, 2.05) is 13.8 Å². The van der Waals surface area contributed by atoms with Crippen LogP contribution in [0.2, 0.25) is 0 Å². The second-order valence-electron chi connectivity index (χ2n) is 5.93. The summed E-state index contributed by atoms with van der Waals surface area (Å²) in [6.45, 7) is 9.32. The van der Waals surface area contributed by atoms with Gasteiger partial charge in [0.1, 0.15) is 0 Å². The van der Waals surface area contributed by atoms with Crippen molar-refractivity contribution in [3.63, 3.8) is 0 Å². The minimum Gasteiger partial charge on any atom is -0.460 e. The number of ketones is 2. The Hall–Kier alpha value is -2.23. The Morgan fingerprint density at radius 1 is 1.23 bits per heavy atom. The molecule has 22 heavy (non-hydrogen) atoms. The molecule has 0 N–H and O–H groups in total. The molecule has 0 amide bonds. The first-order valence-corrected chi connectivity index (χ1v) is 7.24. The number of ether oxygens (including phenoxy) is 1. The minimum atomic E-state index is -0.841. The van der Waals surface area contributed by atoms with E-state index in [1.54, 1.807) is 31.2 Å². The summed E-state index contributed by atoms with van der Waals surface area (Å²) in [5, 5.41) is 0. The molecule has 0 bridgehead atoms. The van der Waals surface area contributed by atoms with E-state index in [0.717, 1.165) is 5.56 Å². The van der Waals surface area contributed by atoms with Crippen LogP contribution in [0, 0.1) is 5.41 Å². The Bertz CT molecular complexity index is 573. The van der Waals surface area contributed by atoms with E-state index in [2.05, 4.69) is 11.3 Å². The predicted molar refractivity (Wildman–Crippen MR) is 86.8 cm³/mol. The molecular weight excluding hydrogens is 280 g/mol. The standard InChI is InChI=1S/C18H22O4.H2/c1-5-15(19)12-18(3,4)11-13-7-9-14(10-8-13)16(20)17(21)22-6-2;/h5,7-10H,1,6,11-12H2,2-4H3;1H. The summed E-state index contributed by atoms with van der Waals surface area (Å²) < 4.78 is 4.69. The summed E-state index contributed by atoms with van der Waals surface area (Å²) in [5.41, 5.74) is 1.11. The molecule has 0 heterocycles. The molecule has 0 aromatic heterocycles. The lowest BCUT2D eigenvalue weighted by molar-refractivity contribution is -0.137. The lowest BCUT2D eigenvalue weighted by atomic mass is 9.81. The molecule has 0 saturated carbocycles. The predicted octanol–water partition coefficient (Wildman–Crippen LogP) is 3.39. The van der Waals surface area contributed by atoms with E-state index >= 15 is 0 Å². The molecule has 0 fully saturated rings. The van der Waals surface area contributed by atoms with Crippen LogP contribution in [0.4, 0.5) is 0 Å². The fourth-order valence-electron chi connectivity index (χ4n) is 2.25. The molecule has 0 atom stereocenters. The monoisotopic (exact) mass is 304 g/mol. The van der Waals surface area contributed by atoms with Crippen LogP contribution in [0.1, 0.15) is 44.5 Å². The van der Waals surface area contributed by atoms with Crippen molar-refractivity contribution in [1.29, 1.82) is 0 Å². The van der Waals surface area contributed by atoms with Gasteiger partial charge in [-0.15, -0.1) is 0 Å². The van der Waals surface area contributed by atoms with Crippen molar-refractivity contribution in [3.8, 4) is 0 Å². The lowest BCUT2D eigenvalue weighted by Crippen LogP contribution is -2.19. The largest absolute Gasteiger partial charge is 0.460 e. The number of hydrogen-bond donors (Lipinski definition) is 0. The first kappa shape index (κ1) is 17.8. The first-order chi connectivity index (χ1) is 10.3. The van der Waals surface area contributed by atoms with Crippen LogP contribution in [0.15, 0.2) is 36.9 Å². The Kier molecular flexibility index (Phi) is 6.23. The van der Waals surface area contributed by atoms with Gasteiger partial charge in [-0.3, -0.25) is 9.59 Å². The summed E-state index contributed by atoms with van der Waals surface area (Å²) in [7, 11) is 0. The topological polar surface area (TPSA) is 60.4 Å². The molecule has 0 aliphatic carbocycles. The summed E-state index contributed by atoms with van der Waals surface area (Å²) in [6.07, 6.45) is 2.45. The van der Waals surface area contributed by atoms with Crippen molar-refractivity contribution in [3.05, 3.63) is 48.0 Å². The molecule has 0 radical (unpaired) electrons. The zero-order valence-electron chi connectivity index (χ0n) is 13.3. The molecule has 0 unspecified atom stereocenters. The number of hydrogen-bond acceptors (Lipinski definition) is 4. The number of carbonyl (C=O) groups excluding carboxylic acids is 3. The van der Waals surface area contributed by atoms with Gasteiger partial charge in [0, 0.05) is 13.4 Å². The molecule has 1 rings (SSSR count). The fourth-order valence-corrected chi connectivity index (χ4v) is 2.25. The van der Waals surface area contributed by atoms with Gasteiger partial charge in [0.15, 0.2) is 5.78 Å². The van der Waals surface area contributed by atoms with Crippen molar-refractivity contribution >= 4 is 17.5 Å². The molecule has 0 aliphatic heterocycles. The molecule has 0 saturated heterocycles. The first-order valence-electron chi connectivity index (χ1n) is 7.24. The molecule has 4 heteroatoms. The van der Waals surface area contributed by atoms with Crippen LogP contribution in [-0.2, 0) is 20.7 Å². The molecule has 4 nitrogen and oxygen atoms in total. The fraction of sp³-hybridized carbons (Fsp3) is 0.389. The number of carbonyl (C=O) groups is 3. The number of esters is 1. The lowest BCUT2D eigenvalue weighted by Gasteiger charge is -2.23. The number of benzene rings is 1. The van der Waals surface area contributed by atoms with Crippen molar-refractivity contribution in [2.75, 3.05) is 6.61 Å². The summed E-state index contributed by atoms with van der Waals surface area (Å²) >= 11 is 0. The van der Waals surface area contributed by atoms with Crippen LogP contribution in [0.5, 0.6) is 0 Å². The molecule has 0 aliphatic rings. The van der Waals surface area contributed by atoms with E-state index in [0.29, 0.717) is 18.4 Å². The Morgan fingerprint density at radius 2 is 1.82 bits per heavy atom. The zero-order chi connectivity index (χ0) is 16.8. The van der Waals surface area contributed by atoms with Crippen molar-refractivity contribution in [2.45, 2.75) is 33.6 Å². The third-order valence-electron chi connectivity index (χ3n) is 3.24. The summed E-state index contributed by atoms with van der Waals surface area (Å²) in [6, 6.07) is 6.82. The second kappa shape index (κ2) is 7.69. The smallest absolute Gasteiger partial charge is 0.379 e. The molecular formula is C18H24O4. The van der Waals surface area contributed by atoms with Gasteiger partial charge in [-0.1, -0.05) is 44.7 Å². The summed E-state index contributed by atoms with van der Waals surface area (Å²) in [4.78, 5) is 34.7. The third-order valence-corrected chi connectivity index (χ3v) is 3.24. The van der Waals surface area contributed by atoms with Gasteiger partial charge >= 0.3 is 5.97 Å². The second-order valence-corrected chi connectivity index (χ2v) is 5.93. The Labute approximate surface area is 132 Å². The maximum absolute atomic E-state index is 11.8. The SMILES string of the molecule is C=CC(=O)CC(C)(C)Cc1ccc(C(=O)C(=O)OCC)cc1.[HH]. The normalized spacial score (nSPS) is 10.9. The van der Waals surface area contributed by atoms with E-state index in [4.69, 9.17) is 0 Å². The maximum atomic E-state index is 11.8. The van der Waals surface area contributed by atoms with Crippen molar-refractivity contribution < 1.29 is 20.5 Å². The van der Waals surface area contributed by atoms with E-state index in [1.165, 1.54) is 6.08 Å². The van der Waals surface area contributed by atoms with E-state index < -0.39 is 11.8 Å². The van der Waals surface area contributed by atoms with Gasteiger partial charge in [-0.05, 0) is 30.4 Å². The average molecular weight is 304 g/mol. The van der Waals surface area contributed by atoms with Gasteiger partial charge in [0.05, 0.1) is 6.61 Å². The number of Topliss-reactive ketones (excluding diaryl/α,β-unsaturated/α-hetero) is 1.